The van der Waals surface area contributed by atoms with Gasteiger partial charge in [-0.15, -0.1) is 0 Å². The number of allylic oxidation sites excluding steroid dienone is 1. The SMILES string of the molecule is CCCN(CCC)P(OCCC#N)OC(CC)COCCOCCOCCOCCCNC(=O)O[C@H]1CC[C@@]2(C)C(=CCC3C4CCC([C@@H](C)CCCC(C)C)[C@@]4(C)CCC32)C1. The third-order valence-electron chi connectivity index (χ3n) is 15.0. The molecule has 3 saturated carbocycles. The van der Waals surface area contributed by atoms with Crippen LogP contribution < -0.4 is 5.32 Å². The summed E-state index contributed by atoms with van der Waals surface area (Å²) in [7, 11) is -1.23. The number of nitrogens with zero attached hydrogens (tertiary/aromatic N) is 2. The summed E-state index contributed by atoms with van der Waals surface area (Å²) in [6.45, 7) is 25.6. The number of nitriles is 1. The van der Waals surface area contributed by atoms with Crippen molar-refractivity contribution in [3.8, 4) is 6.07 Å². The highest BCUT2D eigenvalue weighted by molar-refractivity contribution is 7.44. The minimum atomic E-state index is -1.23. The van der Waals surface area contributed by atoms with Crippen molar-refractivity contribution in [3.05, 3.63) is 11.6 Å². The summed E-state index contributed by atoms with van der Waals surface area (Å²) in [5.41, 5.74) is 2.33. The number of alkyl carbamates (subject to hydrolysis) is 1. The van der Waals surface area contributed by atoms with E-state index < -0.39 is 8.53 Å². The number of nitrogens with one attached hydrogen (secondary N) is 1. The van der Waals surface area contributed by atoms with Crippen molar-refractivity contribution in [2.24, 2.45) is 46.3 Å². The Labute approximate surface area is 379 Å². The van der Waals surface area contributed by atoms with Crippen LogP contribution >= 0.6 is 8.53 Å². The van der Waals surface area contributed by atoms with Gasteiger partial charge in [-0.2, -0.15) is 5.26 Å². The lowest BCUT2D eigenvalue weighted by Crippen LogP contribution is -2.51. The lowest BCUT2D eigenvalue weighted by molar-refractivity contribution is -0.0581. The van der Waals surface area contributed by atoms with E-state index in [2.05, 4.69) is 77.5 Å². The molecule has 0 aromatic carbocycles. The summed E-state index contributed by atoms with van der Waals surface area (Å²) in [6, 6.07) is 2.15. The van der Waals surface area contributed by atoms with Crippen molar-refractivity contribution in [3.63, 3.8) is 0 Å². The predicted octanol–water partition coefficient (Wildman–Crippen LogP) is 11.7. The van der Waals surface area contributed by atoms with E-state index in [-0.39, 0.29) is 23.7 Å². The highest BCUT2D eigenvalue weighted by Crippen LogP contribution is 2.67. The van der Waals surface area contributed by atoms with Crippen LogP contribution in [-0.2, 0) is 32.7 Å². The third-order valence-corrected chi connectivity index (χ3v) is 16.7. The molecular formula is C50H90N3O8P. The topological polar surface area (TPSA) is 121 Å². The van der Waals surface area contributed by atoms with Crippen LogP contribution in [0.25, 0.3) is 0 Å². The highest BCUT2D eigenvalue weighted by atomic mass is 31.2. The Hall–Kier alpha value is -1.35. The van der Waals surface area contributed by atoms with E-state index >= 15 is 0 Å². The molecule has 62 heavy (non-hydrogen) atoms. The minimum Gasteiger partial charge on any atom is -0.446 e. The Kier molecular flexibility index (Phi) is 24.6. The van der Waals surface area contributed by atoms with Crippen molar-refractivity contribution < 1.29 is 37.5 Å². The third kappa shape index (κ3) is 16.2. The Balaban J connectivity index is 1.01. The molecule has 4 aliphatic rings. The Bertz CT molecular complexity index is 1330. The molecule has 1 amide bonds. The van der Waals surface area contributed by atoms with E-state index in [1.807, 2.05) is 0 Å². The zero-order chi connectivity index (χ0) is 44.8. The zero-order valence-corrected chi connectivity index (χ0v) is 41.5. The van der Waals surface area contributed by atoms with Crippen LogP contribution in [0.15, 0.2) is 11.6 Å². The molecule has 0 aliphatic heterocycles. The van der Waals surface area contributed by atoms with Crippen molar-refractivity contribution in [1.82, 2.24) is 9.99 Å². The number of carbonyl (C=O) groups excluding carboxylic acids is 1. The molecule has 0 aromatic heterocycles. The molecule has 4 rings (SSSR count). The molecule has 0 radical (unpaired) electrons. The Morgan fingerprint density at radius 2 is 1.56 bits per heavy atom. The van der Waals surface area contributed by atoms with Gasteiger partial charge in [-0.3, -0.25) is 0 Å². The molecule has 6 unspecified atom stereocenters. The van der Waals surface area contributed by atoms with Gasteiger partial charge in [0.25, 0.3) is 8.53 Å². The maximum absolute atomic E-state index is 12.8. The molecule has 0 spiro atoms. The monoisotopic (exact) mass is 892 g/mol. The summed E-state index contributed by atoms with van der Waals surface area (Å²) in [5.74, 6) is 5.00. The van der Waals surface area contributed by atoms with Crippen molar-refractivity contribution >= 4 is 14.6 Å². The van der Waals surface area contributed by atoms with Crippen molar-refractivity contribution in [1.29, 1.82) is 5.26 Å². The van der Waals surface area contributed by atoms with Gasteiger partial charge in [0.2, 0.25) is 0 Å². The van der Waals surface area contributed by atoms with Gasteiger partial charge in [-0.05, 0) is 117 Å². The van der Waals surface area contributed by atoms with Crippen LogP contribution in [-0.4, -0.2) is 102 Å². The fourth-order valence-corrected chi connectivity index (χ4v) is 13.5. The zero-order valence-electron chi connectivity index (χ0n) is 40.6. The van der Waals surface area contributed by atoms with Gasteiger partial charge in [0, 0.05) is 32.7 Å². The number of ether oxygens (including phenoxy) is 5. The van der Waals surface area contributed by atoms with Gasteiger partial charge >= 0.3 is 6.09 Å². The largest absolute Gasteiger partial charge is 0.446 e. The first-order valence-electron chi connectivity index (χ1n) is 25.2. The average molecular weight is 892 g/mol. The van der Waals surface area contributed by atoms with Crippen LogP contribution in [0, 0.1) is 57.7 Å². The van der Waals surface area contributed by atoms with Gasteiger partial charge in [-0.25, -0.2) is 9.46 Å². The van der Waals surface area contributed by atoms with Crippen LogP contribution in [0.1, 0.15) is 158 Å². The summed E-state index contributed by atoms with van der Waals surface area (Å²) < 4.78 is 43.5. The highest BCUT2D eigenvalue weighted by Gasteiger charge is 2.59. The molecular weight excluding hydrogens is 802 g/mol. The molecule has 0 saturated heterocycles. The number of carbonyl (C=O) groups is 1. The average Bonchev–Trinajstić information content (AvgIpc) is 3.61. The van der Waals surface area contributed by atoms with Crippen LogP contribution in [0.5, 0.6) is 0 Å². The second kappa shape index (κ2) is 28.6. The molecule has 10 atom stereocenters. The number of fused-ring (bicyclic) bond motifs is 5. The van der Waals surface area contributed by atoms with E-state index in [0.29, 0.717) is 77.8 Å². The molecule has 12 heteroatoms. The Morgan fingerprint density at radius 3 is 2.23 bits per heavy atom. The number of rotatable bonds is 32. The van der Waals surface area contributed by atoms with Crippen LogP contribution in [0.3, 0.4) is 0 Å². The van der Waals surface area contributed by atoms with Crippen LogP contribution in [0.4, 0.5) is 4.79 Å². The van der Waals surface area contributed by atoms with E-state index in [9.17, 15) is 4.79 Å². The van der Waals surface area contributed by atoms with E-state index in [1.165, 1.54) is 51.4 Å². The second-order valence-electron chi connectivity index (χ2n) is 19.8. The maximum atomic E-state index is 12.8. The van der Waals surface area contributed by atoms with Gasteiger partial charge in [0.1, 0.15) is 6.10 Å². The molecule has 358 valence electrons. The fraction of sp³-hybridized carbons (Fsp3) is 0.920. The molecule has 3 fully saturated rings. The molecule has 1 N–H and O–H groups in total. The molecule has 0 heterocycles. The lowest BCUT2D eigenvalue weighted by atomic mass is 9.47. The Morgan fingerprint density at radius 1 is 0.871 bits per heavy atom. The van der Waals surface area contributed by atoms with E-state index in [1.54, 1.807) is 5.57 Å². The number of amides is 1. The smallest absolute Gasteiger partial charge is 0.407 e. The molecule has 0 aromatic rings. The quantitative estimate of drug-likeness (QED) is 0.0397. The first kappa shape index (κ1) is 53.3. The number of hydrogen-bond acceptors (Lipinski definition) is 10. The second-order valence-corrected chi connectivity index (χ2v) is 21.3. The van der Waals surface area contributed by atoms with E-state index in [0.717, 1.165) is 93.5 Å². The van der Waals surface area contributed by atoms with Crippen molar-refractivity contribution in [2.75, 3.05) is 79.1 Å². The summed E-state index contributed by atoms with van der Waals surface area (Å²) in [6.07, 6.45) is 20.1. The first-order valence-corrected chi connectivity index (χ1v) is 26.3. The van der Waals surface area contributed by atoms with Crippen molar-refractivity contribution in [2.45, 2.75) is 170 Å². The number of hydrogen-bond donors (Lipinski definition) is 1. The minimum absolute atomic E-state index is 0.0338. The summed E-state index contributed by atoms with van der Waals surface area (Å²) >= 11 is 0. The van der Waals surface area contributed by atoms with E-state index in [4.69, 9.17) is 38.0 Å². The maximum Gasteiger partial charge on any atom is 0.407 e. The van der Waals surface area contributed by atoms with Gasteiger partial charge in [0.05, 0.1) is 71.4 Å². The first-order chi connectivity index (χ1) is 30.0. The summed E-state index contributed by atoms with van der Waals surface area (Å²) in [5, 5.41) is 11.9. The standard InChI is InChI=1S/C50H90N3O8P/c1-9-27-53(28-10-2)62(59-30-13-25-51)61-42(11-3)38-58-36-35-57-34-33-56-32-31-55-29-14-26-52-48(54)60-43-21-23-49(7)41(37-43)17-18-44-46-20-19-45(40(6)16-12-15-39(4)5)50(46,8)24-22-47(44)49/h17,39-40,42-47H,9-16,18-24,26-38H2,1-8H3,(H,52,54)/t40-,42?,43-,44?,45?,46?,47?,49-,50+,62?/m0/s1. The van der Waals surface area contributed by atoms with Gasteiger partial charge in [-0.1, -0.05) is 86.3 Å². The van der Waals surface area contributed by atoms with Crippen LogP contribution in [0.2, 0.25) is 0 Å². The lowest BCUT2D eigenvalue weighted by Gasteiger charge is -2.58. The summed E-state index contributed by atoms with van der Waals surface area (Å²) in [4.78, 5) is 12.8. The molecule has 0 bridgehead atoms. The van der Waals surface area contributed by atoms with Gasteiger partial charge < -0.3 is 38.0 Å². The van der Waals surface area contributed by atoms with Gasteiger partial charge in [0.15, 0.2) is 0 Å². The fourth-order valence-electron chi connectivity index (χ4n) is 11.7. The predicted molar refractivity (Wildman–Crippen MR) is 250 cm³/mol. The molecule has 11 nitrogen and oxygen atoms in total. The molecule has 4 aliphatic carbocycles. The normalized spacial score (nSPS) is 28.4.